The molecule has 0 unspecified atom stereocenters. The van der Waals surface area contributed by atoms with Crippen LogP contribution in [0.4, 0.5) is 5.69 Å². The number of carbonyl (C=O) groups excluding carboxylic acids is 2. The molecule has 0 atom stereocenters. The van der Waals surface area contributed by atoms with Crippen molar-refractivity contribution in [3.63, 3.8) is 0 Å². The maximum absolute atomic E-state index is 12.4. The fraction of sp³-hybridized carbons (Fsp3) is 0.0500. The third-order valence-electron chi connectivity index (χ3n) is 3.75. The van der Waals surface area contributed by atoms with Gasteiger partial charge in [-0.3, -0.25) is 9.78 Å². The number of esters is 1. The molecule has 2 aromatic carbocycles. The second kappa shape index (κ2) is 9.16. The molecule has 3 rings (SSSR count). The Morgan fingerprint density at radius 3 is 2.57 bits per heavy atom. The number of carbonyl (C=O) groups is 2. The fourth-order valence-electron chi connectivity index (χ4n) is 2.42. The van der Waals surface area contributed by atoms with Crippen molar-refractivity contribution in [1.29, 1.82) is 0 Å². The highest BCUT2D eigenvalue weighted by Gasteiger charge is 2.16. The molecule has 1 heterocycles. The van der Waals surface area contributed by atoms with E-state index in [1.807, 2.05) is 0 Å². The van der Waals surface area contributed by atoms with Crippen LogP contribution in [-0.2, 0) is 19.6 Å². The molecule has 30 heavy (non-hydrogen) atoms. The molecule has 0 radical (unpaired) electrons. The minimum absolute atomic E-state index is 0.130. The molecular formula is C20H17N3O6S. The molecule has 9 nitrogen and oxygen atoms in total. The Kier molecular flexibility index (Phi) is 6.40. The molecular weight excluding hydrogens is 410 g/mol. The first-order valence-corrected chi connectivity index (χ1v) is 10.1. The monoisotopic (exact) mass is 427 g/mol. The molecule has 1 amide bonds. The number of amides is 1. The number of ether oxygens (including phenoxy) is 2. The summed E-state index contributed by atoms with van der Waals surface area (Å²) in [5.74, 6) is -0.731. The number of nitrogens with one attached hydrogen (secondary N) is 1. The molecule has 0 aliphatic carbocycles. The first-order valence-electron chi connectivity index (χ1n) is 8.60. The van der Waals surface area contributed by atoms with Crippen molar-refractivity contribution in [3.05, 3.63) is 78.6 Å². The van der Waals surface area contributed by atoms with Gasteiger partial charge in [-0.05, 0) is 42.5 Å². The van der Waals surface area contributed by atoms with Gasteiger partial charge < -0.3 is 14.8 Å². The van der Waals surface area contributed by atoms with E-state index in [1.54, 1.807) is 36.5 Å². The van der Waals surface area contributed by atoms with E-state index in [0.717, 1.165) is 0 Å². The van der Waals surface area contributed by atoms with Crippen LogP contribution in [0, 0.1) is 0 Å². The molecule has 0 aliphatic heterocycles. The number of nitrogens with two attached hydrogens (primary N) is 1. The van der Waals surface area contributed by atoms with Gasteiger partial charge in [0.15, 0.2) is 6.61 Å². The van der Waals surface area contributed by atoms with Crippen LogP contribution in [0.3, 0.4) is 0 Å². The molecule has 0 saturated heterocycles. The lowest BCUT2D eigenvalue weighted by atomic mass is 10.2. The lowest BCUT2D eigenvalue weighted by molar-refractivity contribution is -0.119. The van der Waals surface area contributed by atoms with E-state index in [1.165, 1.54) is 36.5 Å². The molecule has 0 spiro atoms. The number of hydrogen-bond donors (Lipinski definition) is 2. The van der Waals surface area contributed by atoms with Crippen molar-refractivity contribution in [2.75, 3.05) is 11.9 Å². The van der Waals surface area contributed by atoms with Crippen molar-refractivity contribution >= 4 is 27.6 Å². The van der Waals surface area contributed by atoms with Crippen LogP contribution in [0.25, 0.3) is 0 Å². The zero-order chi connectivity index (χ0) is 21.6. The summed E-state index contributed by atoms with van der Waals surface area (Å²) in [7, 11) is -3.91. The van der Waals surface area contributed by atoms with Crippen LogP contribution in [-0.4, -0.2) is 31.9 Å². The summed E-state index contributed by atoms with van der Waals surface area (Å²) in [4.78, 5) is 28.3. The normalized spacial score (nSPS) is 10.8. The molecule has 1 aromatic heterocycles. The van der Waals surface area contributed by atoms with Gasteiger partial charge in [-0.2, -0.15) is 0 Å². The molecule has 0 aliphatic rings. The molecule has 3 aromatic rings. The van der Waals surface area contributed by atoms with Gasteiger partial charge >= 0.3 is 5.97 Å². The van der Waals surface area contributed by atoms with E-state index in [4.69, 9.17) is 14.6 Å². The molecule has 0 bridgehead atoms. The average Bonchev–Trinajstić information content (AvgIpc) is 2.73. The van der Waals surface area contributed by atoms with E-state index in [-0.39, 0.29) is 21.9 Å². The summed E-state index contributed by atoms with van der Waals surface area (Å²) in [5, 5.41) is 7.50. The second-order valence-corrected chi connectivity index (χ2v) is 7.55. The van der Waals surface area contributed by atoms with Crippen molar-refractivity contribution in [1.82, 2.24) is 4.98 Å². The standard InChI is InChI=1S/C20H17N3O6S/c21-30(26,27)16-7-3-5-14(11-16)23-19(24)13-28-20(25)17-8-1-2-9-18(17)29-15-6-4-10-22-12-15/h1-12H,13H2,(H,23,24)(H2,21,26,27). The summed E-state index contributed by atoms with van der Waals surface area (Å²) in [6, 6.07) is 15.2. The SMILES string of the molecule is NS(=O)(=O)c1cccc(NC(=O)COC(=O)c2ccccc2Oc2cccnc2)c1. The van der Waals surface area contributed by atoms with E-state index >= 15 is 0 Å². The maximum atomic E-state index is 12.4. The molecule has 0 fully saturated rings. The number of para-hydroxylation sites is 1. The van der Waals surface area contributed by atoms with Gasteiger partial charge in [0.1, 0.15) is 17.1 Å². The summed E-state index contributed by atoms with van der Waals surface area (Å²) in [6.45, 7) is -0.584. The second-order valence-electron chi connectivity index (χ2n) is 5.98. The van der Waals surface area contributed by atoms with Crippen LogP contribution in [0.15, 0.2) is 78.0 Å². The quantitative estimate of drug-likeness (QED) is 0.552. The third-order valence-corrected chi connectivity index (χ3v) is 4.66. The summed E-state index contributed by atoms with van der Waals surface area (Å²) in [5.41, 5.74) is 0.327. The summed E-state index contributed by atoms with van der Waals surface area (Å²) >= 11 is 0. The van der Waals surface area contributed by atoms with Crippen molar-refractivity contribution in [2.24, 2.45) is 5.14 Å². The molecule has 10 heteroatoms. The van der Waals surface area contributed by atoms with Crippen LogP contribution >= 0.6 is 0 Å². The molecule has 154 valence electrons. The predicted octanol–water partition coefficient (Wildman–Crippen LogP) is 2.32. The van der Waals surface area contributed by atoms with E-state index in [0.29, 0.717) is 5.75 Å². The zero-order valence-electron chi connectivity index (χ0n) is 15.5. The Morgan fingerprint density at radius 1 is 1.03 bits per heavy atom. The van der Waals surface area contributed by atoms with E-state index < -0.39 is 28.5 Å². The molecule has 0 saturated carbocycles. The Labute approximate surface area is 172 Å². The number of aromatic nitrogens is 1. The number of benzene rings is 2. The minimum Gasteiger partial charge on any atom is -0.455 e. The molecule has 3 N–H and O–H groups in total. The van der Waals surface area contributed by atoms with Crippen LogP contribution in [0.1, 0.15) is 10.4 Å². The Hall–Kier alpha value is -3.76. The third kappa shape index (κ3) is 5.63. The van der Waals surface area contributed by atoms with Gasteiger partial charge in [0.2, 0.25) is 10.0 Å². The number of sulfonamides is 1. The number of primary sulfonamides is 1. The highest BCUT2D eigenvalue weighted by molar-refractivity contribution is 7.89. The highest BCUT2D eigenvalue weighted by atomic mass is 32.2. The largest absolute Gasteiger partial charge is 0.455 e. The minimum atomic E-state index is -3.91. The van der Waals surface area contributed by atoms with Gasteiger partial charge in [-0.25, -0.2) is 18.4 Å². The lowest BCUT2D eigenvalue weighted by Crippen LogP contribution is -2.21. The number of rotatable bonds is 7. The fourth-order valence-corrected chi connectivity index (χ4v) is 2.97. The van der Waals surface area contributed by atoms with E-state index in [2.05, 4.69) is 10.3 Å². The Morgan fingerprint density at radius 2 is 1.83 bits per heavy atom. The average molecular weight is 427 g/mol. The lowest BCUT2D eigenvalue weighted by Gasteiger charge is -2.11. The van der Waals surface area contributed by atoms with Gasteiger partial charge in [-0.15, -0.1) is 0 Å². The van der Waals surface area contributed by atoms with Gasteiger partial charge in [0.05, 0.1) is 11.1 Å². The number of nitrogens with zero attached hydrogens (tertiary/aromatic N) is 1. The number of hydrogen-bond acceptors (Lipinski definition) is 7. The first kappa shape index (κ1) is 21.0. The van der Waals surface area contributed by atoms with Gasteiger partial charge in [0, 0.05) is 11.9 Å². The van der Waals surface area contributed by atoms with Crippen molar-refractivity contribution < 1.29 is 27.5 Å². The number of pyridine rings is 1. The van der Waals surface area contributed by atoms with Crippen LogP contribution < -0.4 is 15.2 Å². The van der Waals surface area contributed by atoms with Crippen LogP contribution in [0.2, 0.25) is 0 Å². The Bertz CT molecular complexity index is 1170. The predicted molar refractivity (Wildman–Crippen MR) is 107 cm³/mol. The zero-order valence-corrected chi connectivity index (χ0v) is 16.3. The Balaban J connectivity index is 1.63. The van der Waals surface area contributed by atoms with Crippen molar-refractivity contribution in [3.8, 4) is 11.5 Å². The maximum Gasteiger partial charge on any atom is 0.342 e. The van der Waals surface area contributed by atoms with Gasteiger partial charge in [0.25, 0.3) is 5.91 Å². The summed E-state index contributed by atoms with van der Waals surface area (Å²) in [6.07, 6.45) is 3.08. The van der Waals surface area contributed by atoms with Gasteiger partial charge in [-0.1, -0.05) is 18.2 Å². The highest BCUT2D eigenvalue weighted by Crippen LogP contribution is 2.25. The first-order chi connectivity index (χ1) is 14.3. The van der Waals surface area contributed by atoms with E-state index in [9.17, 15) is 18.0 Å². The van der Waals surface area contributed by atoms with Crippen molar-refractivity contribution in [2.45, 2.75) is 4.90 Å². The number of anilines is 1. The smallest absolute Gasteiger partial charge is 0.342 e. The summed E-state index contributed by atoms with van der Waals surface area (Å²) < 4.78 is 33.5. The topological polar surface area (TPSA) is 138 Å². The van der Waals surface area contributed by atoms with Crippen LogP contribution in [0.5, 0.6) is 11.5 Å².